The summed E-state index contributed by atoms with van der Waals surface area (Å²) in [6, 6.07) is 12.6. The molecule has 0 bridgehead atoms. The van der Waals surface area contributed by atoms with Gasteiger partial charge in [0.05, 0.1) is 0 Å². The van der Waals surface area contributed by atoms with Crippen molar-refractivity contribution in [1.82, 2.24) is 15.6 Å². The second kappa shape index (κ2) is 17.0. The van der Waals surface area contributed by atoms with E-state index >= 15 is 0 Å². The van der Waals surface area contributed by atoms with Crippen molar-refractivity contribution in [3.63, 3.8) is 0 Å². The number of thiophene rings is 1. The van der Waals surface area contributed by atoms with Crippen LogP contribution in [-0.4, -0.2) is 55.0 Å². The van der Waals surface area contributed by atoms with Crippen LogP contribution in [0.2, 0.25) is 0 Å². The van der Waals surface area contributed by atoms with Gasteiger partial charge in [0.1, 0.15) is 36.6 Å². The minimum Gasteiger partial charge on any atom is -0.492 e. The summed E-state index contributed by atoms with van der Waals surface area (Å²) in [5.41, 5.74) is 0.977. The second-order valence-corrected chi connectivity index (χ2v) is 7.65. The van der Waals surface area contributed by atoms with Crippen molar-refractivity contribution in [1.29, 1.82) is 0 Å². The van der Waals surface area contributed by atoms with E-state index in [0.29, 0.717) is 37.7 Å². The summed E-state index contributed by atoms with van der Waals surface area (Å²) in [5.74, 6) is 1.86. The molecule has 3 rings (SSSR count). The third-order valence-electron chi connectivity index (χ3n) is 4.30. The first kappa shape index (κ1) is 29.5. The Bertz CT molecular complexity index is 918. The Morgan fingerprint density at radius 3 is 2.35 bits per heavy atom. The van der Waals surface area contributed by atoms with Crippen LogP contribution in [0, 0.1) is 0 Å². The molecule has 1 atom stereocenters. The third kappa shape index (κ3) is 11.5. The molecule has 0 spiro atoms. The van der Waals surface area contributed by atoms with Gasteiger partial charge in [-0.05, 0) is 53.4 Å². The van der Waals surface area contributed by atoms with Crippen LogP contribution in [0.3, 0.4) is 0 Å². The van der Waals surface area contributed by atoms with Crippen molar-refractivity contribution in [3.8, 4) is 17.2 Å². The highest BCUT2D eigenvalue weighted by Gasteiger charge is 2.06. The van der Waals surface area contributed by atoms with E-state index in [1.165, 1.54) is 0 Å². The number of benzene rings is 1. The maximum absolute atomic E-state index is 11.9. The molecule has 34 heavy (non-hydrogen) atoms. The quantitative estimate of drug-likeness (QED) is 0.276. The van der Waals surface area contributed by atoms with Gasteiger partial charge in [0, 0.05) is 37.4 Å². The zero-order valence-electron chi connectivity index (χ0n) is 18.4. The van der Waals surface area contributed by atoms with Gasteiger partial charge in [-0.15, -0.1) is 36.2 Å². The Hall–Kier alpha value is -2.56. The van der Waals surface area contributed by atoms with Crippen molar-refractivity contribution in [2.24, 2.45) is 0 Å². The minimum atomic E-state index is -0.590. The minimum absolute atomic E-state index is 0. The number of aliphatic hydroxyl groups excluding tert-OH is 1. The lowest BCUT2D eigenvalue weighted by atomic mass is 10.3. The number of amides is 1. The highest BCUT2D eigenvalue weighted by molar-refractivity contribution is 7.08. The molecule has 0 aliphatic carbocycles. The first-order valence-electron chi connectivity index (χ1n) is 10.2. The Labute approximate surface area is 215 Å². The molecule has 2 heterocycles. The Balaban J connectivity index is 0.00000289. The Kier molecular flexibility index (Phi) is 14.7. The number of nitrogens with one attached hydrogen (secondary N) is 2. The molecule has 8 nitrogen and oxygen atoms in total. The predicted octanol–water partition coefficient (Wildman–Crippen LogP) is 3.09. The van der Waals surface area contributed by atoms with Crippen LogP contribution < -0.4 is 24.8 Å². The highest BCUT2D eigenvalue weighted by Crippen LogP contribution is 2.17. The molecule has 3 N–H and O–H groups in total. The molecule has 0 aliphatic rings. The zero-order chi connectivity index (χ0) is 22.4. The lowest BCUT2D eigenvalue weighted by Crippen LogP contribution is -2.33. The molecule has 0 aliphatic heterocycles. The molecule has 3 aromatic rings. The van der Waals surface area contributed by atoms with Gasteiger partial charge in [-0.25, -0.2) is 0 Å². The van der Waals surface area contributed by atoms with E-state index in [1.54, 1.807) is 48.0 Å². The Morgan fingerprint density at radius 2 is 1.68 bits per heavy atom. The van der Waals surface area contributed by atoms with E-state index in [0.717, 1.165) is 11.3 Å². The summed E-state index contributed by atoms with van der Waals surface area (Å²) < 4.78 is 16.6. The monoisotopic (exact) mass is 529 g/mol. The lowest BCUT2D eigenvalue weighted by Gasteiger charge is -2.13. The van der Waals surface area contributed by atoms with Crippen LogP contribution in [0.15, 0.2) is 65.6 Å². The molecule has 186 valence electrons. The number of pyridine rings is 1. The molecule has 0 saturated carbocycles. The van der Waals surface area contributed by atoms with Gasteiger partial charge < -0.3 is 30.0 Å². The molecular weight excluding hydrogens is 501 g/mol. The molecule has 1 unspecified atom stereocenters. The van der Waals surface area contributed by atoms with Gasteiger partial charge in [0.2, 0.25) is 0 Å². The first-order valence-corrected chi connectivity index (χ1v) is 11.2. The van der Waals surface area contributed by atoms with Gasteiger partial charge in [-0.2, -0.15) is 0 Å². The summed E-state index contributed by atoms with van der Waals surface area (Å²) in [6.07, 6.45) is 2.78. The number of rotatable bonds is 14. The summed E-state index contributed by atoms with van der Waals surface area (Å²) in [5, 5.41) is 19.7. The van der Waals surface area contributed by atoms with E-state index in [2.05, 4.69) is 15.6 Å². The summed E-state index contributed by atoms with van der Waals surface area (Å²) in [7, 11) is 0. The van der Waals surface area contributed by atoms with Crippen LogP contribution in [-0.2, 0) is 11.3 Å². The van der Waals surface area contributed by atoms with E-state index in [9.17, 15) is 9.90 Å². The van der Waals surface area contributed by atoms with Crippen LogP contribution in [0.25, 0.3) is 0 Å². The largest absolute Gasteiger partial charge is 0.492 e. The number of hydrogen-bond donors (Lipinski definition) is 3. The van der Waals surface area contributed by atoms with Crippen molar-refractivity contribution >= 4 is 42.1 Å². The topological polar surface area (TPSA) is 102 Å². The standard InChI is InChI=1S/C23H27N3O5S.2ClH/c27-19(15-30-22-7-12-32-17-22)14-25-10-11-29-20-1-3-21(4-2-20)31-16-23(28)26-13-18-5-8-24-9-6-18;;/h1-9,12,17,19,25,27H,10-11,13-16H2,(H,26,28);2*1H. The number of ether oxygens (including phenoxy) is 3. The summed E-state index contributed by atoms with van der Waals surface area (Å²) >= 11 is 1.55. The summed E-state index contributed by atoms with van der Waals surface area (Å²) in [6.45, 7) is 2.08. The second-order valence-electron chi connectivity index (χ2n) is 6.87. The van der Waals surface area contributed by atoms with E-state index in [1.807, 2.05) is 29.0 Å². The van der Waals surface area contributed by atoms with Gasteiger partial charge >= 0.3 is 0 Å². The van der Waals surface area contributed by atoms with Gasteiger partial charge in [0.15, 0.2) is 6.61 Å². The lowest BCUT2D eigenvalue weighted by molar-refractivity contribution is -0.123. The first-order chi connectivity index (χ1) is 15.7. The van der Waals surface area contributed by atoms with Crippen molar-refractivity contribution in [2.75, 3.05) is 32.9 Å². The Morgan fingerprint density at radius 1 is 0.971 bits per heavy atom. The fraction of sp³-hybridized carbons (Fsp3) is 0.304. The van der Waals surface area contributed by atoms with Crippen LogP contribution in [0.4, 0.5) is 0 Å². The van der Waals surface area contributed by atoms with Gasteiger partial charge in [-0.1, -0.05) is 0 Å². The number of aromatic nitrogens is 1. The van der Waals surface area contributed by atoms with Crippen molar-refractivity contribution < 1.29 is 24.1 Å². The number of hydrogen-bond acceptors (Lipinski definition) is 8. The molecule has 0 fully saturated rings. The molecule has 1 amide bonds. The molecule has 0 saturated heterocycles. The number of carbonyl (C=O) groups excluding carboxylic acids is 1. The van der Waals surface area contributed by atoms with E-state index in [4.69, 9.17) is 14.2 Å². The third-order valence-corrected chi connectivity index (χ3v) is 4.96. The normalized spacial score (nSPS) is 10.9. The zero-order valence-corrected chi connectivity index (χ0v) is 20.9. The number of halogens is 2. The fourth-order valence-electron chi connectivity index (χ4n) is 2.63. The molecule has 0 radical (unpaired) electrons. The number of aliphatic hydroxyl groups is 1. The van der Waals surface area contributed by atoms with Gasteiger partial charge in [-0.3, -0.25) is 9.78 Å². The molecule has 11 heteroatoms. The average Bonchev–Trinajstić information content (AvgIpc) is 3.35. The van der Waals surface area contributed by atoms with Crippen LogP contribution >= 0.6 is 36.2 Å². The van der Waals surface area contributed by atoms with Crippen LogP contribution in [0.1, 0.15) is 5.56 Å². The average molecular weight is 530 g/mol. The molecular formula is C23H29Cl2N3O5S. The molecule has 1 aromatic carbocycles. The van der Waals surface area contributed by atoms with E-state index in [-0.39, 0.29) is 43.9 Å². The number of carbonyl (C=O) groups is 1. The fourth-order valence-corrected chi connectivity index (χ4v) is 3.20. The smallest absolute Gasteiger partial charge is 0.258 e. The number of nitrogens with zero attached hydrogens (tertiary/aromatic N) is 1. The molecule has 2 aromatic heterocycles. The SMILES string of the molecule is Cl.Cl.O=C(COc1ccc(OCCNCC(O)COc2ccsc2)cc1)NCc1ccncc1. The summed E-state index contributed by atoms with van der Waals surface area (Å²) in [4.78, 5) is 15.8. The maximum Gasteiger partial charge on any atom is 0.258 e. The van der Waals surface area contributed by atoms with E-state index < -0.39 is 6.10 Å². The predicted molar refractivity (Wildman–Crippen MR) is 137 cm³/mol. The highest BCUT2D eigenvalue weighted by atomic mass is 35.5. The van der Waals surface area contributed by atoms with Gasteiger partial charge in [0.25, 0.3) is 5.91 Å². The van der Waals surface area contributed by atoms with Crippen molar-refractivity contribution in [3.05, 3.63) is 71.2 Å². The maximum atomic E-state index is 11.9. The van der Waals surface area contributed by atoms with Crippen LogP contribution in [0.5, 0.6) is 17.2 Å². The van der Waals surface area contributed by atoms with Crippen molar-refractivity contribution in [2.45, 2.75) is 12.6 Å².